The Morgan fingerprint density at radius 1 is 0.286 bits per heavy atom. The number of fused-ring (bicyclic) bond motifs is 10. The summed E-state index contributed by atoms with van der Waals surface area (Å²) in [6.07, 6.45) is 0. The van der Waals surface area contributed by atoms with Crippen molar-refractivity contribution >= 4 is 65.4 Å². The van der Waals surface area contributed by atoms with E-state index >= 15 is 0 Å². The Morgan fingerprint density at radius 2 is 0.762 bits per heavy atom. The molecule has 0 saturated heterocycles. The molecule has 5 heteroatoms. The number of rotatable bonds is 6. The van der Waals surface area contributed by atoms with Crippen molar-refractivity contribution in [1.29, 1.82) is 0 Å². The molecule has 0 unspecified atom stereocenters. The molecule has 5 nitrogen and oxygen atoms in total. The molecule has 0 spiro atoms. The Hall–Kier alpha value is -8.54. The molecule has 4 aromatic heterocycles. The number of para-hydroxylation sites is 5. The molecule has 0 bridgehead atoms. The summed E-state index contributed by atoms with van der Waals surface area (Å²) in [7, 11) is 0. The topological polar surface area (TPSA) is 40.6 Å². The summed E-state index contributed by atoms with van der Waals surface area (Å²) in [5, 5.41) is 7.11. The van der Waals surface area contributed by atoms with Crippen LogP contribution in [-0.4, -0.2) is 23.7 Å². The maximum absolute atomic E-state index is 5.48. The largest absolute Gasteiger partial charge is 0.309 e. The Bertz CT molecular complexity index is 3820. The molecule has 0 saturated carbocycles. The number of hydrogen-bond donors (Lipinski definition) is 0. The van der Waals surface area contributed by atoms with Gasteiger partial charge in [0.25, 0.3) is 0 Å². The highest BCUT2D eigenvalue weighted by Gasteiger charge is 2.26. The van der Waals surface area contributed by atoms with Crippen LogP contribution < -0.4 is 0 Å². The summed E-state index contributed by atoms with van der Waals surface area (Å²) in [4.78, 5) is 10.7. The fraction of sp³-hybridized carbons (Fsp3) is 0. The summed E-state index contributed by atoms with van der Waals surface area (Å²) >= 11 is 0. The van der Waals surface area contributed by atoms with Gasteiger partial charge >= 0.3 is 0 Å². The van der Waals surface area contributed by atoms with Crippen LogP contribution in [-0.2, 0) is 0 Å². The fourth-order valence-corrected chi connectivity index (χ4v) is 9.94. The highest BCUT2D eigenvalue weighted by Crippen LogP contribution is 2.47. The Kier molecular flexibility index (Phi) is 7.84. The van der Waals surface area contributed by atoms with Gasteiger partial charge in [-0.25, -0.2) is 9.97 Å². The second kappa shape index (κ2) is 14.0. The van der Waals surface area contributed by atoms with Gasteiger partial charge in [-0.1, -0.05) is 152 Å². The van der Waals surface area contributed by atoms with E-state index in [-0.39, 0.29) is 0 Å². The molecule has 4 heterocycles. The summed E-state index contributed by atoms with van der Waals surface area (Å²) in [5.74, 6) is 0.688. The minimum absolute atomic E-state index is 0.688. The average Bonchev–Trinajstić information content (AvgIpc) is 4.00. The Labute approximate surface area is 363 Å². The van der Waals surface area contributed by atoms with Crippen LogP contribution in [0.2, 0.25) is 0 Å². The molecule has 0 radical (unpaired) electrons. The van der Waals surface area contributed by atoms with Crippen LogP contribution in [0.15, 0.2) is 224 Å². The third-order valence-corrected chi connectivity index (χ3v) is 12.6. The van der Waals surface area contributed by atoms with Gasteiger partial charge in [-0.15, -0.1) is 0 Å². The number of hydrogen-bond acceptors (Lipinski definition) is 2. The quantitative estimate of drug-likeness (QED) is 0.168. The van der Waals surface area contributed by atoms with E-state index in [2.05, 4.69) is 232 Å². The lowest BCUT2D eigenvalue weighted by molar-refractivity contribution is 1.16. The zero-order valence-electron chi connectivity index (χ0n) is 34.1. The molecular weight excluding hydrogens is 767 g/mol. The predicted octanol–water partition coefficient (Wildman–Crippen LogP) is 14.8. The lowest BCUT2D eigenvalue weighted by Gasteiger charge is -2.14. The fourth-order valence-electron chi connectivity index (χ4n) is 9.94. The highest BCUT2D eigenvalue weighted by atomic mass is 15.0. The Balaban J connectivity index is 1.21. The van der Waals surface area contributed by atoms with Crippen LogP contribution in [0.1, 0.15) is 0 Å². The van der Waals surface area contributed by atoms with Crippen molar-refractivity contribution in [2.75, 3.05) is 0 Å². The zero-order valence-corrected chi connectivity index (χ0v) is 34.1. The molecular formula is C58H37N5. The van der Waals surface area contributed by atoms with Gasteiger partial charge < -0.3 is 13.7 Å². The van der Waals surface area contributed by atoms with E-state index in [4.69, 9.17) is 9.97 Å². The molecule has 13 aromatic rings. The van der Waals surface area contributed by atoms with Crippen LogP contribution in [0.25, 0.3) is 116 Å². The standard InChI is InChI=1S/C58H37N5/c1-5-19-38(20-6-1)48-37-49(60-58(59-48)39-21-7-2-8-22-39)47-36-54-56(45-29-15-17-31-51(45)62(54)41-25-11-4-12-26-41)57-55(47)44-28-14-18-32-52(44)63(57)42-33-34-53-46(35-42)43-27-13-16-30-50(43)61(53)40-23-9-3-10-24-40/h1-37H. The van der Waals surface area contributed by atoms with E-state index in [0.29, 0.717) is 5.82 Å². The van der Waals surface area contributed by atoms with Crippen LogP contribution >= 0.6 is 0 Å². The van der Waals surface area contributed by atoms with Gasteiger partial charge in [-0.05, 0) is 72.8 Å². The average molecular weight is 804 g/mol. The molecule has 0 fully saturated rings. The van der Waals surface area contributed by atoms with Crippen LogP contribution in [0, 0.1) is 0 Å². The molecule has 13 rings (SSSR count). The van der Waals surface area contributed by atoms with Crippen LogP contribution in [0.3, 0.4) is 0 Å². The molecule has 0 aliphatic carbocycles. The summed E-state index contributed by atoms with van der Waals surface area (Å²) in [6.45, 7) is 0. The van der Waals surface area contributed by atoms with E-state index in [0.717, 1.165) is 78.0 Å². The first-order valence-corrected chi connectivity index (χ1v) is 21.4. The van der Waals surface area contributed by atoms with Crippen molar-refractivity contribution < 1.29 is 0 Å². The molecule has 0 N–H and O–H groups in total. The number of aromatic nitrogens is 5. The van der Waals surface area contributed by atoms with E-state index in [1.165, 1.54) is 32.6 Å². The zero-order chi connectivity index (χ0) is 41.4. The number of benzene rings is 9. The third kappa shape index (κ3) is 5.43. The Morgan fingerprint density at radius 3 is 1.41 bits per heavy atom. The molecule has 63 heavy (non-hydrogen) atoms. The minimum Gasteiger partial charge on any atom is -0.309 e. The third-order valence-electron chi connectivity index (χ3n) is 12.6. The molecule has 0 amide bonds. The first-order valence-electron chi connectivity index (χ1n) is 21.4. The first kappa shape index (κ1) is 35.2. The van der Waals surface area contributed by atoms with Crippen LogP contribution in [0.4, 0.5) is 0 Å². The van der Waals surface area contributed by atoms with Crippen molar-refractivity contribution in [3.63, 3.8) is 0 Å². The maximum Gasteiger partial charge on any atom is 0.160 e. The van der Waals surface area contributed by atoms with E-state index in [9.17, 15) is 0 Å². The van der Waals surface area contributed by atoms with E-state index < -0.39 is 0 Å². The van der Waals surface area contributed by atoms with Gasteiger partial charge in [0, 0.05) is 66.1 Å². The molecule has 0 atom stereocenters. The van der Waals surface area contributed by atoms with Gasteiger partial charge in [-0.2, -0.15) is 0 Å². The molecule has 0 aliphatic rings. The SMILES string of the molecule is c1ccc(-c2cc(-c3cc4c(c5ccccc5n4-c4ccccc4)c4c3c3ccccc3n4-c3ccc4c(c3)c3ccccc3n4-c3ccccc3)nc(-c3ccccc3)n2)cc1. The summed E-state index contributed by atoms with van der Waals surface area (Å²) in [6, 6.07) is 80.2. The number of nitrogens with zero attached hydrogens (tertiary/aromatic N) is 5. The summed E-state index contributed by atoms with van der Waals surface area (Å²) < 4.78 is 7.31. The highest BCUT2D eigenvalue weighted by molar-refractivity contribution is 6.30. The lowest BCUT2D eigenvalue weighted by Crippen LogP contribution is -1.99. The van der Waals surface area contributed by atoms with Gasteiger partial charge in [0.15, 0.2) is 5.82 Å². The van der Waals surface area contributed by atoms with Gasteiger partial charge in [0.2, 0.25) is 0 Å². The van der Waals surface area contributed by atoms with E-state index in [1.807, 2.05) is 6.07 Å². The second-order valence-electron chi connectivity index (χ2n) is 16.2. The molecule has 294 valence electrons. The van der Waals surface area contributed by atoms with Crippen LogP contribution in [0.5, 0.6) is 0 Å². The van der Waals surface area contributed by atoms with Crippen molar-refractivity contribution in [2.24, 2.45) is 0 Å². The van der Waals surface area contributed by atoms with Crippen molar-refractivity contribution in [3.8, 4) is 51.0 Å². The van der Waals surface area contributed by atoms with Gasteiger partial charge in [0.1, 0.15) is 0 Å². The van der Waals surface area contributed by atoms with Crippen molar-refractivity contribution in [2.45, 2.75) is 0 Å². The smallest absolute Gasteiger partial charge is 0.160 e. The minimum atomic E-state index is 0.688. The van der Waals surface area contributed by atoms with E-state index in [1.54, 1.807) is 0 Å². The first-order chi connectivity index (χ1) is 31.3. The second-order valence-corrected chi connectivity index (χ2v) is 16.2. The lowest BCUT2D eigenvalue weighted by atomic mass is 9.98. The molecule has 9 aromatic carbocycles. The van der Waals surface area contributed by atoms with Crippen molar-refractivity contribution in [3.05, 3.63) is 224 Å². The van der Waals surface area contributed by atoms with Gasteiger partial charge in [0.05, 0.1) is 44.5 Å². The maximum atomic E-state index is 5.48. The predicted molar refractivity (Wildman–Crippen MR) is 261 cm³/mol. The molecule has 0 aliphatic heterocycles. The van der Waals surface area contributed by atoms with Crippen molar-refractivity contribution in [1.82, 2.24) is 23.7 Å². The monoisotopic (exact) mass is 803 g/mol. The normalized spacial score (nSPS) is 11.8. The summed E-state index contributed by atoms with van der Waals surface area (Å²) in [5.41, 5.74) is 15.0. The van der Waals surface area contributed by atoms with Gasteiger partial charge in [-0.3, -0.25) is 0 Å².